The van der Waals surface area contributed by atoms with Crippen LogP contribution in [0.1, 0.15) is 19.0 Å². The third kappa shape index (κ3) is 3.54. The summed E-state index contributed by atoms with van der Waals surface area (Å²) >= 11 is 1.11. The molecule has 0 aliphatic rings. The fourth-order valence-corrected chi connectivity index (χ4v) is 3.85. The zero-order chi connectivity index (χ0) is 20.5. The number of thiazole rings is 1. The first-order valence-corrected chi connectivity index (χ1v) is 9.38. The van der Waals surface area contributed by atoms with Crippen molar-refractivity contribution in [2.24, 2.45) is 0 Å². The van der Waals surface area contributed by atoms with E-state index in [4.69, 9.17) is 4.74 Å². The van der Waals surface area contributed by atoms with Crippen LogP contribution in [-0.2, 0) is 4.79 Å². The summed E-state index contributed by atoms with van der Waals surface area (Å²) in [7, 11) is 1.54. The minimum Gasteiger partial charge on any atom is -0.494 e. The number of hydrogen-bond donors (Lipinski definition) is 2. The van der Waals surface area contributed by atoms with Gasteiger partial charge in [-0.3, -0.25) is 9.78 Å². The van der Waals surface area contributed by atoms with Gasteiger partial charge in [-0.2, -0.15) is 0 Å². The minimum atomic E-state index is -2.66. The van der Waals surface area contributed by atoms with Crippen LogP contribution in [0.4, 0.5) is 14.6 Å². The Labute approximate surface area is 167 Å². The van der Waals surface area contributed by atoms with E-state index in [0.717, 1.165) is 11.3 Å². The van der Waals surface area contributed by atoms with E-state index in [2.05, 4.69) is 25.3 Å². The number of aromatic nitrogens is 4. The normalized spacial score (nSPS) is 11.2. The quantitative estimate of drug-likeness (QED) is 0.495. The number of nitrogens with zero attached hydrogens (tertiary/aromatic N) is 3. The zero-order valence-electron chi connectivity index (χ0n) is 15.4. The van der Waals surface area contributed by atoms with Crippen LogP contribution in [0, 0.1) is 0 Å². The van der Waals surface area contributed by atoms with Crippen molar-refractivity contribution in [2.75, 3.05) is 12.4 Å². The van der Waals surface area contributed by atoms with Crippen LogP contribution >= 0.6 is 11.3 Å². The van der Waals surface area contributed by atoms with Gasteiger partial charge in [0.1, 0.15) is 33.3 Å². The molecule has 0 atom stereocenters. The number of anilines is 1. The molecule has 4 aromatic heterocycles. The summed E-state index contributed by atoms with van der Waals surface area (Å²) in [5, 5.41) is 4.37. The monoisotopic (exact) mass is 415 g/mol. The van der Waals surface area contributed by atoms with E-state index in [1.807, 2.05) is 0 Å². The zero-order valence-corrected chi connectivity index (χ0v) is 16.2. The van der Waals surface area contributed by atoms with E-state index < -0.39 is 6.43 Å². The second-order valence-corrected chi connectivity index (χ2v) is 6.96. The molecule has 10 heteroatoms. The van der Waals surface area contributed by atoms with Crippen LogP contribution in [0.15, 0.2) is 36.0 Å². The van der Waals surface area contributed by atoms with Crippen LogP contribution in [0.2, 0.25) is 0 Å². The van der Waals surface area contributed by atoms with Crippen molar-refractivity contribution in [3.8, 4) is 27.6 Å². The number of ether oxygens (including phenoxy) is 1. The van der Waals surface area contributed by atoms with Gasteiger partial charge in [-0.05, 0) is 12.1 Å². The Morgan fingerprint density at radius 3 is 2.76 bits per heavy atom. The lowest BCUT2D eigenvalue weighted by molar-refractivity contribution is -0.114. The SMILES string of the molecule is COc1ccnc2c(-c3nc(C(F)F)cs3)c(-c3ccnc(NC(C)=O)c3)[nH]c12. The molecule has 7 nitrogen and oxygen atoms in total. The lowest BCUT2D eigenvalue weighted by atomic mass is 10.1. The number of hydrogen-bond acceptors (Lipinski definition) is 6. The van der Waals surface area contributed by atoms with E-state index in [1.165, 1.54) is 19.4 Å². The molecule has 0 radical (unpaired) electrons. The summed E-state index contributed by atoms with van der Waals surface area (Å²) in [6.07, 6.45) is 0.468. The molecule has 0 fully saturated rings. The van der Waals surface area contributed by atoms with Gasteiger partial charge in [0.15, 0.2) is 0 Å². The van der Waals surface area contributed by atoms with Crippen molar-refractivity contribution < 1.29 is 18.3 Å². The largest absolute Gasteiger partial charge is 0.494 e. The standard InChI is InChI=1S/C19H15F2N5O2S/c1-9(27)24-13-7-10(3-5-22-13)15-14(19-25-11(8-29-19)18(20)21)17-16(26-15)12(28-2)4-6-23-17/h3-8,18,26H,1-2H3,(H,22,24,27). The third-order valence-corrected chi connectivity index (χ3v) is 5.06. The highest BCUT2D eigenvalue weighted by molar-refractivity contribution is 7.13. The highest BCUT2D eigenvalue weighted by Crippen LogP contribution is 2.42. The van der Waals surface area contributed by atoms with E-state index >= 15 is 0 Å². The molecule has 4 aromatic rings. The molecule has 1 amide bonds. The molecule has 0 saturated heterocycles. The van der Waals surface area contributed by atoms with Crippen molar-refractivity contribution in [1.82, 2.24) is 19.9 Å². The molecule has 0 aliphatic heterocycles. The number of aromatic amines is 1. The number of carbonyl (C=O) groups excluding carboxylic acids is 1. The number of amides is 1. The number of methoxy groups -OCH3 is 1. The number of fused-ring (bicyclic) bond motifs is 1. The summed E-state index contributed by atoms with van der Waals surface area (Å²) < 4.78 is 31.6. The Morgan fingerprint density at radius 1 is 1.28 bits per heavy atom. The Kier molecular flexibility index (Phi) is 4.93. The highest BCUT2D eigenvalue weighted by atomic mass is 32.1. The summed E-state index contributed by atoms with van der Waals surface area (Å²) in [6, 6.07) is 5.13. The summed E-state index contributed by atoms with van der Waals surface area (Å²) in [4.78, 5) is 27.3. The molecule has 0 aromatic carbocycles. The van der Waals surface area contributed by atoms with Gasteiger partial charge in [0, 0.05) is 36.3 Å². The first-order valence-electron chi connectivity index (χ1n) is 8.50. The molecule has 2 N–H and O–H groups in total. The molecule has 4 heterocycles. The maximum absolute atomic E-state index is 13.1. The minimum absolute atomic E-state index is 0.253. The van der Waals surface area contributed by atoms with Crippen molar-refractivity contribution in [3.63, 3.8) is 0 Å². The second kappa shape index (κ2) is 7.55. The molecule has 0 aliphatic carbocycles. The van der Waals surface area contributed by atoms with Crippen molar-refractivity contribution >= 4 is 34.1 Å². The van der Waals surface area contributed by atoms with Crippen LogP contribution in [0.5, 0.6) is 5.75 Å². The lowest BCUT2D eigenvalue weighted by Gasteiger charge is -2.05. The number of nitrogens with one attached hydrogen (secondary N) is 2. The fourth-order valence-electron chi connectivity index (χ4n) is 2.99. The molecule has 29 heavy (non-hydrogen) atoms. The average molecular weight is 415 g/mol. The number of alkyl halides is 2. The maximum Gasteiger partial charge on any atom is 0.281 e. The predicted molar refractivity (Wildman–Crippen MR) is 106 cm³/mol. The average Bonchev–Trinajstić information content (AvgIpc) is 3.32. The number of rotatable bonds is 5. The topological polar surface area (TPSA) is 92.8 Å². The number of carbonyl (C=O) groups is 1. The van der Waals surface area contributed by atoms with E-state index in [-0.39, 0.29) is 11.6 Å². The van der Waals surface area contributed by atoms with Crippen molar-refractivity contribution in [2.45, 2.75) is 13.3 Å². The highest BCUT2D eigenvalue weighted by Gasteiger charge is 2.23. The van der Waals surface area contributed by atoms with Crippen LogP contribution < -0.4 is 10.1 Å². The predicted octanol–water partition coefficient (Wildman–Crippen LogP) is 4.65. The number of halogens is 2. The van der Waals surface area contributed by atoms with Gasteiger partial charge in [-0.15, -0.1) is 11.3 Å². The van der Waals surface area contributed by atoms with Crippen molar-refractivity contribution in [3.05, 3.63) is 41.7 Å². The van der Waals surface area contributed by atoms with Gasteiger partial charge < -0.3 is 15.0 Å². The summed E-state index contributed by atoms with van der Waals surface area (Å²) in [5.41, 5.74) is 2.76. The molecule has 0 bridgehead atoms. The summed E-state index contributed by atoms with van der Waals surface area (Å²) in [6.45, 7) is 1.39. The van der Waals surface area contributed by atoms with Gasteiger partial charge >= 0.3 is 0 Å². The number of H-pyrrole nitrogens is 1. The first-order chi connectivity index (χ1) is 14.0. The Balaban J connectivity index is 1.96. The van der Waals surface area contributed by atoms with Crippen LogP contribution in [-0.4, -0.2) is 33.0 Å². The van der Waals surface area contributed by atoms with Gasteiger partial charge in [-0.1, -0.05) is 0 Å². The fraction of sp³-hybridized carbons (Fsp3) is 0.158. The van der Waals surface area contributed by atoms with Crippen molar-refractivity contribution in [1.29, 1.82) is 0 Å². The van der Waals surface area contributed by atoms with E-state index in [1.54, 1.807) is 30.6 Å². The Bertz CT molecular complexity index is 1200. The second-order valence-electron chi connectivity index (χ2n) is 6.10. The molecule has 0 spiro atoms. The van der Waals surface area contributed by atoms with Crippen LogP contribution in [0.3, 0.4) is 0 Å². The Morgan fingerprint density at radius 2 is 2.07 bits per heavy atom. The molecule has 0 saturated carbocycles. The molecule has 0 unspecified atom stereocenters. The van der Waals surface area contributed by atoms with Crippen LogP contribution in [0.25, 0.3) is 32.9 Å². The maximum atomic E-state index is 13.1. The van der Waals surface area contributed by atoms with E-state index in [9.17, 15) is 13.6 Å². The van der Waals surface area contributed by atoms with E-state index in [0.29, 0.717) is 44.4 Å². The van der Waals surface area contributed by atoms with Gasteiger partial charge in [0.25, 0.3) is 6.43 Å². The Hall–Kier alpha value is -3.40. The molecular weight excluding hydrogens is 400 g/mol. The molecule has 4 rings (SSSR count). The molecular formula is C19H15F2N5O2S. The molecule has 148 valence electrons. The third-order valence-electron chi connectivity index (χ3n) is 4.18. The smallest absolute Gasteiger partial charge is 0.281 e. The lowest BCUT2D eigenvalue weighted by Crippen LogP contribution is -2.07. The van der Waals surface area contributed by atoms with Gasteiger partial charge in [0.2, 0.25) is 5.91 Å². The van der Waals surface area contributed by atoms with Gasteiger partial charge in [0.05, 0.1) is 18.4 Å². The summed E-state index contributed by atoms with van der Waals surface area (Å²) in [5.74, 6) is 0.674. The van der Waals surface area contributed by atoms with Gasteiger partial charge in [-0.25, -0.2) is 18.7 Å². The first kappa shape index (κ1) is 18.9. The number of pyridine rings is 2.